The van der Waals surface area contributed by atoms with Gasteiger partial charge in [0.15, 0.2) is 0 Å². The van der Waals surface area contributed by atoms with Crippen LogP contribution in [0.1, 0.15) is 17.0 Å². The maximum Gasteiger partial charge on any atom is 0.573 e. The average molecular weight is 294 g/mol. The SMILES string of the molecule is O=CC(Cc1ccccc1)c1ccc(OC(F)(F)F)cc1. The second-order valence-corrected chi connectivity index (χ2v) is 4.55. The Hall–Kier alpha value is -2.30. The first-order valence-electron chi connectivity index (χ1n) is 6.33. The van der Waals surface area contributed by atoms with Gasteiger partial charge in [-0.1, -0.05) is 42.5 Å². The van der Waals surface area contributed by atoms with Crippen LogP contribution >= 0.6 is 0 Å². The Morgan fingerprint density at radius 2 is 1.62 bits per heavy atom. The van der Waals surface area contributed by atoms with Crippen molar-refractivity contribution in [1.29, 1.82) is 0 Å². The van der Waals surface area contributed by atoms with Gasteiger partial charge in [0.2, 0.25) is 0 Å². The van der Waals surface area contributed by atoms with E-state index < -0.39 is 12.3 Å². The van der Waals surface area contributed by atoms with Gasteiger partial charge in [-0.15, -0.1) is 13.2 Å². The fraction of sp³-hybridized carbons (Fsp3) is 0.188. The van der Waals surface area contributed by atoms with E-state index in [1.165, 1.54) is 24.3 Å². The van der Waals surface area contributed by atoms with E-state index in [9.17, 15) is 18.0 Å². The molecule has 0 radical (unpaired) electrons. The van der Waals surface area contributed by atoms with Gasteiger partial charge in [-0.3, -0.25) is 0 Å². The minimum atomic E-state index is -4.71. The number of carbonyl (C=O) groups is 1. The van der Waals surface area contributed by atoms with Gasteiger partial charge in [-0.05, 0) is 29.7 Å². The Balaban J connectivity index is 2.10. The lowest BCUT2D eigenvalue weighted by Gasteiger charge is -2.13. The number of alkyl halides is 3. The van der Waals surface area contributed by atoms with Crippen molar-refractivity contribution in [2.24, 2.45) is 0 Å². The zero-order valence-corrected chi connectivity index (χ0v) is 11.0. The second-order valence-electron chi connectivity index (χ2n) is 4.55. The molecule has 0 saturated carbocycles. The quantitative estimate of drug-likeness (QED) is 0.776. The largest absolute Gasteiger partial charge is 0.573 e. The highest BCUT2D eigenvalue weighted by Crippen LogP contribution is 2.25. The lowest BCUT2D eigenvalue weighted by molar-refractivity contribution is -0.274. The summed E-state index contributed by atoms with van der Waals surface area (Å²) < 4.78 is 40.0. The first-order valence-corrected chi connectivity index (χ1v) is 6.33. The summed E-state index contributed by atoms with van der Waals surface area (Å²) in [7, 11) is 0. The summed E-state index contributed by atoms with van der Waals surface area (Å²) in [5.41, 5.74) is 1.65. The van der Waals surface area contributed by atoms with E-state index >= 15 is 0 Å². The molecule has 0 heterocycles. The van der Waals surface area contributed by atoms with E-state index in [0.29, 0.717) is 12.0 Å². The number of ether oxygens (including phenoxy) is 1. The van der Waals surface area contributed by atoms with Crippen molar-refractivity contribution < 1.29 is 22.7 Å². The molecule has 2 aromatic rings. The third-order valence-corrected chi connectivity index (χ3v) is 3.00. The predicted octanol–water partition coefficient (Wildman–Crippen LogP) is 4.11. The minimum Gasteiger partial charge on any atom is -0.406 e. The maximum atomic E-state index is 12.1. The van der Waals surface area contributed by atoms with Gasteiger partial charge in [-0.2, -0.15) is 0 Å². The van der Waals surface area contributed by atoms with Crippen LogP contribution in [0.25, 0.3) is 0 Å². The van der Waals surface area contributed by atoms with Crippen molar-refractivity contribution >= 4 is 6.29 Å². The van der Waals surface area contributed by atoms with E-state index in [1.54, 1.807) is 0 Å². The molecule has 0 aromatic heterocycles. The van der Waals surface area contributed by atoms with E-state index in [1.807, 2.05) is 30.3 Å². The van der Waals surface area contributed by atoms with Crippen LogP contribution in [0.15, 0.2) is 54.6 Å². The topological polar surface area (TPSA) is 26.3 Å². The Morgan fingerprint density at radius 1 is 1.00 bits per heavy atom. The summed E-state index contributed by atoms with van der Waals surface area (Å²) in [6, 6.07) is 14.8. The summed E-state index contributed by atoms with van der Waals surface area (Å²) in [5.74, 6) is -0.692. The molecule has 2 rings (SSSR count). The fourth-order valence-electron chi connectivity index (χ4n) is 2.03. The molecule has 110 valence electrons. The maximum absolute atomic E-state index is 12.1. The Morgan fingerprint density at radius 3 is 2.14 bits per heavy atom. The number of carbonyl (C=O) groups excluding carboxylic acids is 1. The molecule has 0 fully saturated rings. The van der Waals surface area contributed by atoms with Gasteiger partial charge in [0.1, 0.15) is 12.0 Å². The van der Waals surface area contributed by atoms with Crippen LogP contribution in [-0.4, -0.2) is 12.6 Å². The number of benzene rings is 2. The minimum absolute atomic E-state index is 0.296. The van der Waals surface area contributed by atoms with Crippen LogP contribution in [0, 0.1) is 0 Å². The molecule has 0 saturated heterocycles. The molecule has 0 bridgehead atoms. The van der Waals surface area contributed by atoms with Crippen LogP contribution in [0.2, 0.25) is 0 Å². The molecular formula is C16H13F3O2. The Bertz CT molecular complexity index is 577. The van der Waals surface area contributed by atoms with Crippen LogP contribution in [-0.2, 0) is 11.2 Å². The summed E-state index contributed by atoms with van der Waals surface area (Å²) in [6.07, 6.45) is -3.41. The van der Waals surface area contributed by atoms with Gasteiger partial charge >= 0.3 is 6.36 Å². The molecule has 0 aliphatic rings. The molecule has 0 amide bonds. The third-order valence-electron chi connectivity index (χ3n) is 3.00. The monoisotopic (exact) mass is 294 g/mol. The number of rotatable bonds is 5. The highest BCUT2D eigenvalue weighted by molar-refractivity contribution is 5.63. The van der Waals surface area contributed by atoms with Crippen LogP contribution < -0.4 is 4.74 Å². The van der Waals surface area contributed by atoms with Crippen molar-refractivity contribution in [1.82, 2.24) is 0 Å². The van der Waals surface area contributed by atoms with E-state index in [4.69, 9.17) is 0 Å². The van der Waals surface area contributed by atoms with Crippen LogP contribution in [0.4, 0.5) is 13.2 Å². The molecule has 0 aliphatic carbocycles. The number of hydrogen-bond acceptors (Lipinski definition) is 2. The lowest BCUT2D eigenvalue weighted by atomic mass is 9.93. The standard InChI is InChI=1S/C16H13F3O2/c17-16(18,19)21-15-8-6-13(7-9-15)14(11-20)10-12-4-2-1-3-5-12/h1-9,11,14H,10H2. The number of hydrogen-bond donors (Lipinski definition) is 0. The first kappa shape index (κ1) is 15.1. The fourth-order valence-corrected chi connectivity index (χ4v) is 2.03. The Kier molecular flexibility index (Phi) is 4.62. The van der Waals surface area contributed by atoms with E-state index in [0.717, 1.165) is 11.8 Å². The van der Waals surface area contributed by atoms with E-state index in [2.05, 4.69) is 4.74 Å². The molecule has 1 unspecified atom stereocenters. The number of aldehydes is 1. The first-order chi connectivity index (χ1) is 9.98. The zero-order chi connectivity index (χ0) is 15.3. The van der Waals surface area contributed by atoms with Gasteiger partial charge in [0.25, 0.3) is 0 Å². The average Bonchev–Trinajstić information content (AvgIpc) is 2.45. The molecule has 2 nitrogen and oxygen atoms in total. The molecule has 1 atom stereocenters. The van der Waals surface area contributed by atoms with Crippen molar-refractivity contribution in [2.75, 3.05) is 0 Å². The van der Waals surface area contributed by atoms with Gasteiger partial charge < -0.3 is 9.53 Å². The van der Waals surface area contributed by atoms with Crippen molar-refractivity contribution in [3.8, 4) is 5.75 Å². The molecule has 21 heavy (non-hydrogen) atoms. The highest BCUT2D eigenvalue weighted by atomic mass is 19.4. The van der Waals surface area contributed by atoms with Crippen molar-refractivity contribution in [2.45, 2.75) is 18.7 Å². The third kappa shape index (κ3) is 4.63. The molecule has 0 spiro atoms. The lowest BCUT2D eigenvalue weighted by Crippen LogP contribution is -2.17. The second kappa shape index (κ2) is 6.43. The van der Waals surface area contributed by atoms with Gasteiger partial charge in [-0.25, -0.2) is 0 Å². The summed E-state index contributed by atoms with van der Waals surface area (Å²) in [4.78, 5) is 11.2. The molecule has 0 aliphatic heterocycles. The Labute approximate surface area is 120 Å². The van der Waals surface area contributed by atoms with Crippen LogP contribution in [0.5, 0.6) is 5.75 Å². The number of halogens is 3. The van der Waals surface area contributed by atoms with Gasteiger partial charge in [0, 0.05) is 5.92 Å². The molecular weight excluding hydrogens is 281 g/mol. The van der Waals surface area contributed by atoms with Crippen molar-refractivity contribution in [3.63, 3.8) is 0 Å². The normalized spacial score (nSPS) is 12.7. The summed E-state index contributed by atoms with van der Waals surface area (Å²) in [5, 5.41) is 0. The predicted molar refractivity (Wildman–Crippen MR) is 72.1 cm³/mol. The zero-order valence-electron chi connectivity index (χ0n) is 11.0. The highest BCUT2D eigenvalue weighted by Gasteiger charge is 2.31. The van der Waals surface area contributed by atoms with Gasteiger partial charge in [0.05, 0.1) is 0 Å². The molecule has 5 heteroatoms. The van der Waals surface area contributed by atoms with Crippen molar-refractivity contribution in [3.05, 3.63) is 65.7 Å². The summed E-state index contributed by atoms with van der Waals surface area (Å²) in [6.45, 7) is 0. The van der Waals surface area contributed by atoms with E-state index in [-0.39, 0.29) is 5.75 Å². The smallest absolute Gasteiger partial charge is 0.406 e. The molecule has 0 N–H and O–H groups in total. The summed E-state index contributed by atoms with van der Waals surface area (Å²) >= 11 is 0. The van der Waals surface area contributed by atoms with Crippen LogP contribution in [0.3, 0.4) is 0 Å². The molecule has 2 aromatic carbocycles.